The maximum Gasteiger partial charge on any atom is 0.336 e. The zero-order valence-electron chi connectivity index (χ0n) is 10.0. The fourth-order valence-electron chi connectivity index (χ4n) is 2.36. The third-order valence-electron chi connectivity index (χ3n) is 3.22. The van der Waals surface area contributed by atoms with Crippen LogP contribution in [0, 0.1) is 5.82 Å². The van der Waals surface area contributed by atoms with E-state index in [2.05, 4.69) is 0 Å². The molecule has 1 heterocycles. The van der Waals surface area contributed by atoms with Gasteiger partial charge in [0.25, 0.3) is 0 Å². The monoisotopic (exact) mass is 258 g/mol. The summed E-state index contributed by atoms with van der Waals surface area (Å²) >= 11 is 0. The molecule has 1 aliphatic rings. The van der Waals surface area contributed by atoms with Gasteiger partial charge in [-0.1, -0.05) is 24.3 Å². The van der Waals surface area contributed by atoms with Crippen LogP contribution in [0.2, 0.25) is 0 Å². The highest BCUT2D eigenvalue weighted by Crippen LogP contribution is 2.38. The first-order valence-electron chi connectivity index (χ1n) is 5.95. The van der Waals surface area contributed by atoms with Crippen molar-refractivity contribution in [3.05, 3.63) is 53.3 Å². The quantitative estimate of drug-likeness (QED) is 0.900. The first-order chi connectivity index (χ1) is 9.16. The van der Waals surface area contributed by atoms with E-state index in [1.54, 1.807) is 6.07 Å². The molecule has 0 aliphatic carbocycles. The number of carbonyl (C=O) groups is 1. The summed E-state index contributed by atoms with van der Waals surface area (Å²) < 4.78 is 18.8. The van der Waals surface area contributed by atoms with Crippen LogP contribution < -0.4 is 4.74 Å². The summed E-state index contributed by atoms with van der Waals surface area (Å²) in [7, 11) is 0. The van der Waals surface area contributed by atoms with E-state index in [1.807, 2.05) is 12.1 Å². The lowest BCUT2D eigenvalue weighted by Gasteiger charge is -2.10. The topological polar surface area (TPSA) is 46.5 Å². The molecule has 0 fully saturated rings. The molecule has 0 bridgehead atoms. The molecule has 2 aromatic rings. The van der Waals surface area contributed by atoms with Crippen LogP contribution in [0.4, 0.5) is 4.39 Å². The van der Waals surface area contributed by atoms with Gasteiger partial charge in [-0.3, -0.25) is 0 Å². The minimum atomic E-state index is -1.15. The van der Waals surface area contributed by atoms with Crippen molar-refractivity contribution in [1.82, 2.24) is 0 Å². The molecule has 0 aromatic heterocycles. The van der Waals surface area contributed by atoms with E-state index < -0.39 is 11.8 Å². The van der Waals surface area contributed by atoms with Crippen molar-refractivity contribution >= 4 is 5.97 Å². The molecule has 0 unspecified atom stereocenters. The van der Waals surface area contributed by atoms with Crippen LogP contribution in [-0.4, -0.2) is 17.7 Å². The number of ether oxygens (including phenoxy) is 1. The van der Waals surface area contributed by atoms with E-state index >= 15 is 0 Å². The number of benzene rings is 2. The van der Waals surface area contributed by atoms with Gasteiger partial charge in [0.05, 0.1) is 12.2 Å². The Morgan fingerprint density at radius 1 is 1.21 bits per heavy atom. The number of rotatable bonds is 2. The number of fused-ring (bicyclic) bond motifs is 1. The molecular weight excluding hydrogens is 247 g/mol. The number of para-hydroxylation sites is 1. The zero-order valence-corrected chi connectivity index (χ0v) is 10.0. The van der Waals surface area contributed by atoms with Crippen LogP contribution in [0.25, 0.3) is 11.1 Å². The average Bonchev–Trinajstić information content (AvgIpc) is 2.86. The van der Waals surface area contributed by atoms with Gasteiger partial charge in [-0.15, -0.1) is 0 Å². The third kappa shape index (κ3) is 1.95. The Morgan fingerprint density at radius 2 is 2.05 bits per heavy atom. The zero-order chi connectivity index (χ0) is 13.4. The van der Waals surface area contributed by atoms with E-state index in [4.69, 9.17) is 4.74 Å². The molecule has 1 aliphatic heterocycles. The molecule has 0 atom stereocenters. The van der Waals surface area contributed by atoms with Crippen molar-refractivity contribution in [2.75, 3.05) is 6.61 Å². The third-order valence-corrected chi connectivity index (χ3v) is 3.22. The summed E-state index contributed by atoms with van der Waals surface area (Å²) in [6.45, 7) is 0.593. The highest BCUT2D eigenvalue weighted by molar-refractivity contribution is 5.97. The summed E-state index contributed by atoms with van der Waals surface area (Å²) in [5.74, 6) is -1.00. The van der Waals surface area contributed by atoms with Gasteiger partial charge >= 0.3 is 5.97 Å². The van der Waals surface area contributed by atoms with Gasteiger partial charge < -0.3 is 9.84 Å². The fraction of sp³-hybridized carbons (Fsp3) is 0.133. The van der Waals surface area contributed by atoms with Gasteiger partial charge in [0, 0.05) is 17.5 Å². The van der Waals surface area contributed by atoms with Gasteiger partial charge in [-0.25, -0.2) is 9.18 Å². The molecule has 1 N–H and O–H groups in total. The molecule has 0 spiro atoms. The number of carboxylic acids is 1. The molecule has 2 aromatic carbocycles. The molecule has 96 valence electrons. The Bertz CT molecular complexity index is 664. The SMILES string of the molecule is O=C(O)c1cc(F)ccc1-c1cccc2c1OCC2. The van der Waals surface area contributed by atoms with Gasteiger partial charge in [-0.2, -0.15) is 0 Å². The minimum Gasteiger partial charge on any atom is -0.492 e. The Kier molecular flexibility index (Phi) is 2.71. The van der Waals surface area contributed by atoms with E-state index in [9.17, 15) is 14.3 Å². The first kappa shape index (κ1) is 11.7. The summed E-state index contributed by atoms with van der Waals surface area (Å²) in [6, 6.07) is 9.38. The fourth-order valence-corrected chi connectivity index (χ4v) is 2.36. The molecule has 3 rings (SSSR count). The molecule has 0 saturated heterocycles. The van der Waals surface area contributed by atoms with E-state index in [0.717, 1.165) is 18.1 Å². The number of halogens is 1. The van der Waals surface area contributed by atoms with Crippen LogP contribution in [0.1, 0.15) is 15.9 Å². The Balaban J connectivity index is 2.23. The Hall–Kier alpha value is -2.36. The molecular formula is C15H11FO3. The summed E-state index contributed by atoms with van der Waals surface area (Å²) in [5.41, 5.74) is 2.18. The smallest absolute Gasteiger partial charge is 0.336 e. The van der Waals surface area contributed by atoms with E-state index in [1.165, 1.54) is 12.1 Å². The lowest BCUT2D eigenvalue weighted by atomic mass is 9.96. The van der Waals surface area contributed by atoms with Crippen molar-refractivity contribution in [1.29, 1.82) is 0 Å². The maximum absolute atomic E-state index is 13.2. The van der Waals surface area contributed by atoms with Crippen molar-refractivity contribution in [3.63, 3.8) is 0 Å². The predicted octanol–water partition coefficient (Wildman–Crippen LogP) is 3.13. The number of aromatic carboxylic acids is 1. The largest absolute Gasteiger partial charge is 0.492 e. The second-order valence-electron chi connectivity index (χ2n) is 4.39. The number of carboxylic acid groups (broad SMARTS) is 1. The lowest BCUT2D eigenvalue weighted by molar-refractivity contribution is 0.0697. The van der Waals surface area contributed by atoms with Crippen molar-refractivity contribution in [3.8, 4) is 16.9 Å². The minimum absolute atomic E-state index is 0.0519. The van der Waals surface area contributed by atoms with E-state index in [-0.39, 0.29) is 5.56 Å². The maximum atomic E-state index is 13.2. The summed E-state index contributed by atoms with van der Waals surface area (Å²) in [6.07, 6.45) is 0.812. The molecule has 19 heavy (non-hydrogen) atoms. The van der Waals surface area contributed by atoms with Crippen LogP contribution in [0.15, 0.2) is 36.4 Å². The second-order valence-corrected chi connectivity index (χ2v) is 4.39. The van der Waals surface area contributed by atoms with E-state index in [0.29, 0.717) is 23.5 Å². The highest BCUT2D eigenvalue weighted by Gasteiger charge is 2.21. The molecule has 3 nitrogen and oxygen atoms in total. The van der Waals surface area contributed by atoms with Gasteiger partial charge in [0.15, 0.2) is 0 Å². The van der Waals surface area contributed by atoms with Crippen LogP contribution in [-0.2, 0) is 6.42 Å². The van der Waals surface area contributed by atoms with Crippen LogP contribution in [0.5, 0.6) is 5.75 Å². The standard InChI is InChI=1S/C15H11FO3/c16-10-4-5-11(13(8-10)15(17)18)12-3-1-2-9-6-7-19-14(9)12/h1-5,8H,6-7H2,(H,17,18). The Labute approximate surface area is 109 Å². The summed E-state index contributed by atoms with van der Waals surface area (Å²) in [5, 5.41) is 9.19. The molecule has 0 amide bonds. The first-order valence-corrected chi connectivity index (χ1v) is 5.95. The van der Waals surface area contributed by atoms with Crippen LogP contribution in [0.3, 0.4) is 0 Å². The number of hydrogen-bond acceptors (Lipinski definition) is 2. The van der Waals surface area contributed by atoms with Crippen molar-refractivity contribution in [2.24, 2.45) is 0 Å². The predicted molar refractivity (Wildman–Crippen MR) is 68.0 cm³/mol. The van der Waals surface area contributed by atoms with Gasteiger partial charge in [-0.05, 0) is 17.7 Å². The number of hydrogen-bond donors (Lipinski definition) is 1. The Morgan fingerprint density at radius 3 is 2.84 bits per heavy atom. The normalized spacial score (nSPS) is 12.9. The molecule has 0 radical (unpaired) electrons. The van der Waals surface area contributed by atoms with Gasteiger partial charge in [0.2, 0.25) is 0 Å². The summed E-state index contributed by atoms with van der Waals surface area (Å²) in [4.78, 5) is 11.2. The van der Waals surface area contributed by atoms with Gasteiger partial charge in [0.1, 0.15) is 11.6 Å². The second kappa shape index (κ2) is 4.39. The van der Waals surface area contributed by atoms with Crippen molar-refractivity contribution < 1.29 is 19.0 Å². The van der Waals surface area contributed by atoms with Crippen molar-refractivity contribution in [2.45, 2.75) is 6.42 Å². The molecule has 0 saturated carbocycles. The lowest BCUT2D eigenvalue weighted by Crippen LogP contribution is -2.01. The molecule has 4 heteroatoms. The van der Waals surface area contributed by atoms with Crippen LogP contribution >= 0.6 is 0 Å². The highest BCUT2D eigenvalue weighted by atomic mass is 19.1. The average molecular weight is 258 g/mol.